The third-order valence-corrected chi connectivity index (χ3v) is 5.34. The monoisotopic (exact) mass is 416 g/mol. The number of hydrogen-bond donors (Lipinski definition) is 1. The van der Waals surface area contributed by atoms with Crippen LogP contribution in [-0.2, 0) is 14.3 Å². The molecule has 2 saturated heterocycles. The highest BCUT2D eigenvalue weighted by atomic mass is 19.4. The van der Waals surface area contributed by atoms with Crippen LogP contribution in [-0.4, -0.2) is 64.4 Å². The number of nitrogens with zero attached hydrogens (tertiary/aromatic N) is 2. The molecule has 7 nitrogen and oxygen atoms in total. The van der Waals surface area contributed by atoms with Crippen LogP contribution in [0.15, 0.2) is 24.4 Å². The SMILES string of the molecule is O=C(C1CCC1)N1CC2(CC(Oc3ccccn3)CCO2)C1.O=C(O)C(F)(F)F. The Morgan fingerprint density at radius 1 is 1.24 bits per heavy atom. The maximum atomic E-state index is 12.2. The van der Waals surface area contributed by atoms with Crippen molar-refractivity contribution < 1.29 is 37.3 Å². The van der Waals surface area contributed by atoms with Crippen molar-refractivity contribution in [2.45, 2.75) is 50.0 Å². The van der Waals surface area contributed by atoms with Crippen LogP contribution in [0.1, 0.15) is 32.1 Å². The number of hydrogen-bond acceptors (Lipinski definition) is 5. The summed E-state index contributed by atoms with van der Waals surface area (Å²) < 4.78 is 43.7. The van der Waals surface area contributed by atoms with E-state index in [2.05, 4.69) is 4.98 Å². The minimum Gasteiger partial charge on any atom is -0.475 e. The number of rotatable bonds is 3. The Labute approximate surface area is 165 Å². The van der Waals surface area contributed by atoms with Crippen LogP contribution in [0.3, 0.4) is 0 Å². The number of ether oxygens (including phenoxy) is 2. The molecule has 29 heavy (non-hydrogen) atoms. The zero-order valence-electron chi connectivity index (χ0n) is 15.7. The predicted octanol–water partition coefficient (Wildman–Crippen LogP) is 2.65. The number of aromatic nitrogens is 1. The van der Waals surface area contributed by atoms with E-state index in [1.807, 2.05) is 23.1 Å². The second-order valence-corrected chi connectivity index (χ2v) is 7.56. The second-order valence-electron chi connectivity index (χ2n) is 7.56. The minimum atomic E-state index is -5.08. The van der Waals surface area contributed by atoms with Gasteiger partial charge in [-0.2, -0.15) is 13.2 Å². The van der Waals surface area contributed by atoms with E-state index in [-0.39, 0.29) is 17.6 Å². The van der Waals surface area contributed by atoms with Crippen LogP contribution in [0.4, 0.5) is 13.2 Å². The van der Waals surface area contributed by atoms with Crippen molar-refractivity contribution in [3.8, 4) is 5.88 Å². The van der Waals surface area contributed by atoms with E-state index in [0.717, 1.165) is 38.8 Å². The summed E-state index contributed by atoms with van der Waals surface area (Å²) in [5.74, 6) is -1.48. The topological polar surface area (TPSA) is 89.0 Å². The summed E-state index contributed by atoms with van der Waals surface area (Å²) in [6.07, 6.45) is 1.85. The van der Waals surface area contributed by atoms with Gasteiger partial charge in [0.1, 0.15) is 11.7 Å². The van der Waals surface area contributed by atoms with Crippen LogP contribution in [0.5, 0.6) is 5.88 Å². The van der Waals surface area contributed by atoms with Crippen molar-refractivity contribution >= 4 is 11.9 Å². The number of halogens is 3. The molecule has 1 aromatic rings. The van der Waals surface area contributed by atoms with Gasteiger partial charge in [-0.3, -0.25) is 4.79 Å². The van der Waals surface area contributed by atoms with Gasteiger partial charge in [-0.05, 0) is 18.9 Å². The van der Waals surface area contributed by atoms with Gasteiger partial charge in [-0.1, -0.05) is 12.5 Å². The van der Waals surface area contributed by atoms with E-state index in [1.165, 1.54) is 6.42 Å². The highest BCUT2D eigenvalue weighted by Gasteiger charge is 2.51. The second kappa shape index (κ2) is 8.56. The lowest BCUT2D eigenvalue weighted by Gasteiger charge is -2.54. The summed E-state index contributed by atoms with van der Waals surface area (Å²) in [6, 6.07) is 5.70. The Kier molecular flexibility index (Phi) is 6.30. The number of carboxylic acid groups (broad SMARTS) is 1. The average Bonchev–Trinajstić information content (AvgIpc) is 2.59. The normalized spacial score (nSPS) is 23.3. The summed E-state index contributed by atoms with van der Waals surface area (Å²) in [7, 11) is 0. The van der Waals surface area contributed by atoms with Crippen LogP contribution < -0.4 is 4.74 Å². The largest absolute Gasteiger partial charge is 0.490 e. The molecule has 160 valence electrons. The quantitative estimate of drug-likeness (QED) is 0.815. The lowest BCUT2D eigenvalue weighted by molar-refractivity contribution is -0.197. The molecule has 1 saturated carbocycles. The molecule has 1 N–H and O–H groups in total. The minimum absolute atomic E-state index is 0.129. The zero-order valence-corrected chi connectivity index (χ0v) is 15.7. The van der Waals surface area contributed by atoms with Gasteiger partial charge >= 0.3 is 12.1 Å². The molecule has 3 heterocycles. The average molecular weight is 416 g/mol. The smallest absolute Gasteiger partial charge is 0.475 e. The van der Waals surface area contributed by atoms with E-state index in [4.69, 9.17) is 19.4 Å². The molecule has 0 aromatic carbocycles. The number of likely N-dealkylation sites (tertiary alicyclic amines) is 1. The summed E-state index contributed by atoms with van der Waals surface area (Å²) >= 11 is 0. The highest BCUT2D eigenvalue weighted by Crippen LogP contribution is 2.38. The van der Waals surface area contributed by atoms with Crippen molar-refractivity contribution in [2.24, 2.45) is 5.92 Å². The number of carboxylic acids is 1. The Hall–Kier alpha value is -2.36. The lowest BCUT2D eigenvalue weighted by Crippen LogP contribution is -2.68. The fraction of sp³-hybridized carbons (Fsp3) is 0.632. The van der Waals surface area contributed by atoms with Gasteiger partial charge < -0.3 is 19.5 Å². The number of carbonyl (C=O) groups is 2. The molecule has 4 rings (SSSR count). The summed E-state index contributed by atoms with van der Waals surface area (Å²) in [5.41, 5.74) is -0.183. The van der Waals surface area contributed by atoms with Crippen LogP contribution in [0, 0.1) is 5.92 Å². The van der Waals surface area contributed by atoms with Gasteiger partial charge in [0, 0.05) is 31.0 Å². The standard InChI is InChI=1S/C17H22N2O3.C2HF3O2/c20-16(13-4-3-5-13)19-11-17(12-19)10-14(7-9-21-17)22-15-6-1-2-8-18-15;3-2(4,5)1(6)7/h1-2,6,8,13-14H,3-5,7,9-12H2;(H,6,7). The molecule has 1 aliphatic carbocycles. The first kappa shape index (κ1) is 21.4. The fourth-order valence-corrected chi connectivity index (χ4v) is 3.61. The Morgan fingerprint density at radius 3 is 2.45 bits per heavy atom. The molecule has 3 aliphatic rings. The maximum absolute atomic E-state index is 12.2. The van der Waals surface area contributed by atoms with Crippen molar-refractivity contribution in [1.29, 1.82) is 0 Å². The van der Waals surface area contributed by atoms with Crippen LogP contribution in [0.25, 0.3) is 0 Å². The van der Waals surface area contributed by atoms with E-state index in [9.17, 15) is 18.0 Å². The van der Waals surface area contributed by atoms with Gasteiger partial charge in [0.05, 0.1) is 19.7 Å². The Balaban J connectivity index is 0.000000298. The first-order chi connectivity index (χ1) is 13.7. The van der Waals surface area contributed by atoms with E-state index >= 15 is 0 Å². The highest BCUT2D eigenvalue weighted by molar-refractivity contribution is 5.80. The maximum Gasteiger partial charge on any atom is 0.490 e. The molecule has 1 aromatic heterocycles. The predicted molar refractivity (Wildman–Crippen MR) is 94.2 cm³/mol. The molecule has 10 heteroatoms. The third-order valence-electron chi connectivity index (χ3n) is 5.34. The molecule has 1 amide bonds. The van der Waals surface area contributed by atoms with E-state index in [1.54, 1.807) is 6.20 Å². The molecule has 0 bridgehead atoms. The van der Waals surface area contributed by atoms with Gasteiger partial charge in [-0.25, -0.2) is 9.78 Å². The van der Waals surface area contributed by atoms with Crippen molar-refractivity contribution in [3.63, 3.8) is 0 Å². The van der Waals surface area contributed by atoms with Crippen LogP contribution >= 0.6 is 0 Å². The number of amides is 1. The van der Waals surface area contributed by atoms with Crippen molar-refractivity contribution in [3.05, 3.63) is 24.4 Å². The van der Waals surface area contributed by atoms with Crippen molar-refractivity contribution in [2.75, 3.05) is 19.7 Å². The summed E-state index contributed by atoms with van der Waals surface area (Å²) in [5, 5.41) is 7.12. The van der Waals surface area contributed by atoms with E-state index in [0.29, 0.717) is 18.4 Å². The Morgan fingerprint density at radius 2 is 1.93 bits per heavy atom. The number of pyridine rings is 1. The van der Waals surface area contributed by atoms with Crippen LogP contribution in [0.2, 0.25) is 0 Å². The van der Waals surface area contributed by atoms with Gasteiger partial charge in [0.2, 0.25) is 11.8 Å². The molecule has 1 atom stereocenters. The lowest BCUT2D eigenvalue weighted by atomic mass is 9.80. The fourth-order valence-electron chi connectivity index (χ4n) is 3.61. The van der Waals surface area contributed by atoms with E-state index < -0.39 is 12.1 Å². The van der Waals surface area contributed by atoms with Gasteiger partial charge in [-0.15, -0.1) is 0 Å². The molecular formula is C19H23F3N2O5. The summed E-state index contributed by atoms with van der Waals surface area (Å²) in [6.45, 7) is 2.15. The number of aliphatic carboxylic acids is 1. The molecule has 3 fully saturated rings. The molecule has 1 unspecified atom stereocenters. The molecule has 0 radical (unpaired) electrons. The molecule has 1 spiro atoms. The number of carbonyl (C=O) groups excluding carboxylic acids is 1. The molecule has 2 aliphatic heterocycles. The first-order valence-electron chi connectivity index (χ1n) is 9.49. The first-order valence-corrected chi connectivity index (χ1v) is 9.49. The molecular weight excluding hydrogens is 393 g/mol. The Bertz CT molecular complexity index is 718. The third kappa shape index (κ3) is 5.37. The van der Waals surface area contributed by atoms with Crippen molar-refractivity contribution in [1.82, 2.24) is 9.88 Å². The summed E-state index contributed by atoms with van der Waals surface area (Å²) in [4.78, 5) is 27.3. The number of alkyl halides is 3. The van der Waals surface area contributed by atoms with Gasteiger partial charge in [0.25, 0.3) is 0 Å². The van der Waals surface area contributed by atoms with Gasteiger partial charge in [0.15, 0.2) is 0 Å². The zero-order chi connectivity index (χ0) is 21.1.